The fraction of sp³-hybridized carbons (Fsp3) is 0.250. The molecule has 0 unspecified atom stereocenters. The van der Waals surface area contributed by atoms with Crippen molar-refractivity contribution in [3.63, 3.8) is 0 Å². The van der Waals surface area contributed by atoms with Gasteiger partial charge < -0.3 is 10.1 Å². The van der Waals surface area contributed by atoms with Crippen molar-refractivity contribution in [1.29, 1.82) is 5.26 Å². The highest BCUT2D eigenvalue weighted by molar-refractivity contribution is 7.89. The Kier molecular flexibility index (Phi) is 7.47. The molecule has 0 atom stereocenters. The summed E-state index contributed by atoms with van der Waals surface area (Å²) in [5.41, 5.74) is 0.605. The van der Waals surface area contributed by atoms with Crippen molar-refractivity contribution in [2.24, 2.45) is 0 Å². The van der Waals surface area contributed by atoms with Crippen molar-refractivity contribution in [3.8, 4) is 6.07 Å². The SMILES string of the molecule is CCN(CC)S(=O)(=O)c1cccc(C(=O)OCC(=O)Nc2ccccc2C#N)c1. The minimum absolute atomic E-state index is 0.0171. The molecule has 0 saturated heterocycles. The summed E-state index contributed by atoms with van der Waals surface area (Å²) < 4.78 is 31.4. The van der Waals surface area contributed by atoms with Gasteiger partial charge in [0.2, 0.25) is 10.0 Å². The zero-order valence-corrected chi connectivity index (χ0v) is 16.9. The zero-order valence-electron chi connectivity index (χ0n) is 16.1. The molecule has 0 aromatic heterocycles. The molecule has 0 aliphatic rings. The van der Waals surface area contributed by atoms with Crippen LogP contribution >= 0.6 is 0 Å². The highest BCUT2D eigenvalue weighted by Gasteiger charge is 2.23. The molecule has 0 bridgehead atoms. The number of amides is 1. The number of rotatable bonds is 8. The van der Waals surface area contributed by atoms with E-state index < -0.39 is 28.5 Å². The number of hydrogen-bond acceptors (Lipinski definition) is 6. The molecule has 2 aromatic carbocycles. The van der Waals surface area contributed by atoms with Gasteiger partial charge in [0, 0.05) is 13.1 Å². The number of anilines is 1. The molecule has 8 nitrogen and oxygen atoms in total. The number of sulfonamides is 1. The first kappa shape index (κ1) is 22.1. The van der Waals surface area contributed by atoms with Crippen LogP contribution in [0.4, 0.5) is 5.69 Å². The van der Waals surface area contributed by atoms with Crippen LogP contribution in [0.1, 0.15) is 29.8 Å². The third-order valence-electron chi connectivity index (χ3n) is 4.07. The lowest BCUT2D eigenvalue weighted by atomic mass is 10.2. The molecule has 0 radical (unpaired) electrons. The van der Waals surface area contributed by atoms with E-state index in [1.165, 1.54) is 28.6 Å². The van der Waals surface area contributed by atoms with Crippen LogP contribution in [0.15, 0.2) is 53.4 Å². The second-order valence-electron chi connectivity index (χ2n) is 5.90. The highest BCUT2D eigenvalue weighted by atomic mass is 32.2. The van der Waals surface area contributed by atoms with Crippen LogP contribution in [-0.2, 0) is 19.6 Å². The van der Waals surface area contributed by atoms with Gasteiger partial charge in [-0.2, -0.15) is 9.57 Å². The monoisotopic (exact) mass is 415 g/mol. The molecular formula is C20H21N3O5S. The van der Waals surface area contributed by atoms with E-state index in [-0.39, 0.29) is 16.0 Å². The topological polar surface area (TPSA) is 117 Å². The second kappa shape index (κ2) is 9.82. The maximum absolute atomic E-state index is 12.6. The normalized spacial score (nSPS) is 11.0. The van der Waals surface area contributed by atoms with Gasteiger partial charge in [0.05, 0.1) is 21.7 Å². The Bertz CT molecular complexity index is 1040. The Morgan fingerprint density at radius 2 is 1.79 bits per heavy atom. The Morgan fingerprint density at radius 1 is 1.10 bits per heavy atom. The van der Waals surface area contributed by atoms with Gasteiger partial charge in [-0.05, 0) is 30.3 Å². The van der Waals surface area contributed by atoms with E-state index in [0.29, 0.717) is 18.8 Å². The summed E-state index contributed by atoms with van der Waals surface area (Å²) in [6.07, 6.45) is 0. The first-order valence-corrected chi connectivity index (χ1v) is 10.3. The predicted octanol–water partition coefficient (Wildman–Crippen LogP) is 2.38. The van der Waals surface area contributed by atoms with Crippen LogP contribution in [0, 0.1) is 11.3 Å². The maximum Gasteiger partial charge on any atom is 0.338 e. The van der Waals surface area contributed by atoms with Gasteiger partial charge in [-0.1, -0.05) is 32.0 Å². The van der Waals surface area contributed by atoms with Crippen molar-refractivity contribution < 1.29 is 22.7 Å². The van der Waals surface area contributed by atoms with Crippen molar-refractivity contribution in [2.75, 3.05) is 25.0 Å². The third kappa shape index (κ3) is 5.40. The highest BCUT2D eigenvalue weighted by Crippen LogP contribution is 2.18. The van der Waals surface area contributed by atoms with Crippen LogP contribution in [0.25, 0.3) is 0 Å². The zero-order chi connectivity index (χ0) is 21.4. The number of nitriles is 1. The average Bonchev–Trinajstić information content (AvgIpc) is 2.73. The molecule has 0 aliphatic carbocycles. The number of para-hydroxylation sites is 1. The largest absolute Gasteiger partial charge is 0.452 e. The fourth-order valence-corrected chi connectivity index (χ4v) is 4.09. The second-order valence-corrected chi connectivity index (χ2v) is 7.84. The lowest BCUT2D eigenvalue weighted by Crippen LogP contribution is -2.30. The number of nitrogens with zero attached hydrogens (tertiary/aromatic N) is 2. The molecule has 0 aliphatic heterocycles. The van der Waals surface area contributed by atoms with Gasteiger partial charge in [0.1, 0.15) is 6.07 Å². The molecule has 2 rings (SSSR count). The summed E-state index contributed by atoms with van der Waals surface area (Å²) in [5, 5.41) is 11.5. The molecule has 29 heavy (non-hydrogen) atoms. The molecule has 0 spiro atoms. The van der Waals surface area contributed by atoms with Crippen molar-refractivity contribution in [2.45, 2.75) is 18.7 Å². The summed E-state index contributed by atoms with van der Waals surface area (Å²) in [4.78, 5) is 24.2. The van der Waals surface area contributed by atoms with Crippen LogP contribution in [0.3, 0.4) is 0 Å². The van der Waals surface area contributed by atoms with Gasteiger partial charge >= 0.3 is 5.97 Å². The van der Waals surface area contributed by atoms with Crippen LogP contribution < -0.4 is 5.32 Å². The van der Waals surface area contributed by atoms with Crippen molar-refractivity contribution in [1.82, 2.24) is 4.31 Å². The van der Waals surface area contributed by atoms with Crippen LogP contribution in [0.2, 0.25) is 0 Å². The Hall–Kier alpha value is -3.22. The minimum Gasteiger partial charge on any atom is -0.452 e. The summed E-state index contributed by atoms with van der Waals surface area (Å²) in [6.45, 7) is 3.48. The van der Waals surface area contributed by atoms with Crippen LogP contribution in [0.5, 0.6) is 0 Å². The molecule has 9 heteroatoms. The van der Waals surface area contributed by atoms with Gasteiger partial charge in [0.15, 0.2) is 6.61 Å². The number of carbonyl (C=O) groups is 2. The smallest absolute Gasteiger partial charge is 0.338 e. The number of nitrogens with one attached hydrogen (secondary N) is 1. The quantitative estimate of drug-likeness (QED) is 0.662. The van der Waals surface area contributed by atoms with Gasteiger partial charge in [-0.15, -0.1) is 0 Å². The molecule has 1 amide bonds. The Labute approximate surface area is 169 Å². The summed E-state index contributed by atoms with van der Waals surface area (Å²) in [7, 11) is -3.72. The molecule has 0 saturated carbocycles. The maximum atomic E-state index is 12.6. The molecule has 152 valence electrons. The predicted molar refractivity (Wildman–Crippen MR) is 107 cm³/mol. The fourth-order valence-electron chi connectivity index (χ4n) is 2.59. The van der Waals surface area contributed by atoms with Gasteiger partial charge in [-0.3, -0.25) is 4.79 Å². The van der Waals surface area contributed by atoms with Crippen molar-refractivity contribution >= 4 is 27.6 Å². The number of ether oxygens (including phenoxy) is 1. The molecule has 0 heterocycles. The third-order valence-corrected chi connectivity index (χ3v) is 6.11. The first-order chi connectivity index (χ1) is 13.8. The van der Waals surface area contributed by atoms with E-state index in [1.807, 2.05) is 6.07 Å². The van der Waals surface area contributed by atoms with E-state index in [0.717, 1.165) is 0 Å². The van der Waals surface area contributed by atoms with E-state index in [2.05, 4.69) is 5.32 Å². The van der Waals surface area contributed by atoms with Gasteiger partial charge in [-0.25, -0.2) is 13.2 Å². The van der Waals surface area contributed by atoms with E-state index >= 15 is 0 Å². The summed E-state index contributed by atoms with van der Waals surface area (Å²) >= 11 is 0. The Balaban J connectivity index is 2.06. The Morgan fingerprint density at radius 3 is 2.45 bits per heavy atom. The molecule has 2 aromatic rings. The summed E-state index contributed by atoms with van der Waals surface area (Å²) in [6, 6.07) is 13.8. The van der Waals surface area contributed by atoms with Crippen molar-refractivity contribution in [3.05, 3.63) is 59.7 Å². The van der Waals surface area contributed by atoms with E-state index in [4.69, 9.17) is 10.00 Å². The minimum atomic E-state index is -3.72. The molecule has 0 fully saturated rings. The average molecular weight is 415 g/mol. The van der Waals surface area contributed by atoms with E-state index in [9.17, 15) is 18.0 Å². The summed E-state index contributed by atoms with van der Waals surface area (Å²) in [5.74, 6) is -1.45. The lowest BCUT2D eigenvalue weighted by molar-refractivity contribution is -0.119. The van der Waals surface area contributed by atoms with Gasteiger partial charge in [0.25, 0.3) is 5.91 Å². The standard InChI is InChI=1S/C20H21N3O5S/c1-3-23(4-2)29(26,27)17-10-7-9-15(12-17)20(25)28-14-19(24)22-18-11-6-5-8-16(18)13-21/h5-12H,3-4,14H2,1-2H3,(H,22,24). The van der Waals surface area contributed by atoms with E-state index in [1.54, 1.807) is 38.1 Å². The number of benzene rings is 2. The molecular weight excluding hydrogens is 394 g/mol. The lowest BCUT2D eigenvalue weighted by Gasteiger charge is -2.18. The number of hydrogen-bond donors (Lipinski definition) is 1. The first-order valence-electron chi connectivity index (χ1n) is 8.89. The molecule has 1 N–H and O–H groups in total. The number of carbonyl (C=O) groups excluding carboxylic acids is 2. The number of esters is 1. The van der Waals surface area contributed by atoms with Crippen LogP contribution in [-0.4, -0.2) is 44.3 Å².